The van der Waals surface area contributed by atoms with Crippen LogP contribution in [0, 0.1) is 0 Å². The number of aromatic nitrogens is 1. The first-order valence-electron chi connectivity index (χ1n) is 3.54. The molecule has 0 bridgehead atoms. The van der Waals surface area contributed by atoms with E-state index in [0.717, 1.165) is 6.92 Å². The van der Waals surface area contributed by atoms with Gasteiger partial charge in [-0.1, -0.05) is 15.9 Å². The molecule has 0 aliphatic heterocycles. The van der Waals surface area contributed by atoms with Crippen molar-refractivity contribution in [2.75, 3.05) is 0 Å². The Hall–Kier alpha value is -0.0300. The van der Waals surface area contributed by atoms with Crippen LogP contribution in [0.25, 0.3) is 0 Å². The maximum absolute atomic E-state index is 12.9. The Morgan fingerprint density at radius 3 is 2.62 bits per heavy atom. The highest BCUT2D eigenvalue weighted by Crippen LogP contribution is 2.30. The van der Waals surface area contributed by atoms with Gasteiger partial charge >= 0.3 is 0 Å². The molecule has 0 aliphatic rings. The minimum atomic E-state index is -2.89. The maximum atomic E-state index is 12.9. The van der Waals surface area contributed by atoms with Gasteiger partial charge in [0.25, 0.3) is 5.92 Å². The molecule has 1 aromatic heterocycles. The first-order valence-corrected chi connectivity index (χ1v) is 5.45. The third-order valence-electron chi connectivity index (χ3n) is 1.49. The van der Waals surface area contributed by atoms with Gasteiger partial charge in [-0.3, -0.25) is 4.98 Å². The Morgan fingerprint density at radius 1 is 1.54 bits per heavy atom. The highest BCUT2D eigenvalue weighted by atomic mass is 79.9. The number of alkyl halides is 3. The molecule has 0 aromatic carbocycles. The van der Waals surface area contributed by atoms with Crippen LogP contribution in [0.1, 0.15) is 18.2 Å². The van der Waals surface area contributed by atoms with E-state index in [4.69, 9.17) is 0 Å². The van der Waals surface area contributed by atoms with Crippen LogP contribution in [0.4, 0.5) is 8.78 Å². The molecule has 0 aliphatic carbocycles. The SMILES string of the molecule is CC(F)(F)c1ncc(Br)cc1CBr. The largest absolute Gasteiger partial charge is 0.287 e. The van der Waals surface area contributed by atoms with Gasteiger partial charge in [0.2, 0.25) is 0 Å². The Kier molecular flexibility index (Phi) is 3.40. The second-order valence-electron chi connectivity index (χ2n) is 2.68. The lowest BCUT2D eigenvalue weighted by Crippen LogP contribution is -2.12. The van der Waals surface area contributed by atoms with Crippen LogP contribution in [0.2, 0.25) is 0 Å². The average Bonchev–Trinajstić information content (AvgIpc) is 2.01. The Labute approximate surface area is 91.8 Å². The molecule has 0 amide bonds. The lowest BCUT2D eigenvalue weighted by molar-refractivity contribution is 0.0120. The summed E-state index contributed by atoms with van der Waals surface area (Å²) in [6, 6.07) is 1.63. The molecule has 1 rings (SSSR count). The van der Waals surface area contributed by atoms with Crippen LogP contribution in [0.15, 0.2) is 16.7 Å². The fourth-order valence-electron chi connectivity index (χ4n) is 0.978. The first-order chi connectivity index (χ1) is 5.95. The van der Waals surface area contributed by atoms with E-state index in [1.807, 2.05) is 0 Å². The van der Waals surface area contributed by atoms with Gasteiger partial charge in [0, 0.05) is 22.9 Å². The van der Waals surface area contributed by atoms with Gasteiger partial charge in [0.1, 0.15) is 5.69 Å². The normalized spacial score (nSPS) is 11.8. The second-order valence-corrected chi connectivity index (χ2v) is 4.16. The summed E-state index contributed by atoms with van der Waals surface area (Å²) in [5.74, 6) is -2.89. The van der Waals surface area contributed by atoms with E-state index in [1.165, 1.54) is 6.20 Å². The lowest BCUT2D eigenvalue weighted by Gasteiger charge is -2.13. The molecule has 13 heavy (non-hydrogen) atoms. The Morgan fingerprint density at radius 2 is 2.15 bits per heavy atom. The van der Waals surface area contributed by atoms with Crippen LogP contribution in [0.5, 0.6) is 0 Å². The molecule has 1 heterocycles. The highest BCUT2D eigenvalue weighted by molar-refractivity contribution is 9.10. The van der Waals surface area contributed by atoms with Crippen LogP contribution in [-0.2, 0) is 11.3 Å². The summed E-state index contributed by atoms with van der Waals surface area (Å²) in [4.78, 5) is 3.69. The van der Waals surface area contributed by atoms with Crippen molar-refractivity contribution in [3.8, 4) is 0 Å². The molecule has 0 saturated heterocycles. The van der Waals surface area contributed by atoms with E-state index in [-0.39, 0.29) is 5.69 Å². The van der Waals surface area contributed by atoms with E-state index < -0.39 is 5.92 Å². The van der Waals surface area contributed by atoms with Gasteiger partial charge < -0.3 is 0 Å². The molecule has 72 valence electrons. The standard InChI is InChI=1S/C8H7Br2F2N/c1-8(11,12)7-5(3-9)2-6(10)4-13-7/h2,4H,3H2,1H3. The van der Waals surface area contributed by atoms with Crippen LogP contribution in [-0.4, -0.2) is 4.98 Å². The lowest BCUT2D eigenvalue weighted by atomic mass is 10.1. The third kappa shape index (κ3) is 2.71. The zero-order valence-corrected chi connectivity index (χ0v) is 9.99. The molecule has 0 spiro atoms. The van der Waals surface area contributed by atoms with Gasteiger partial charge in [0.05, 0.1) is 0 Å². The third-order valence-corrected chi connectivity index (χ3v) is 2.53. The minimum absolute atomic E-state index is 0.174. The van der Waals surface area contributed by atoms with E-state index in [1.54, 1.807) is 6.07 Å². The minimum Gasteiger partial charge on any atom is -0.253 e. The van der Waals surface area contributed by atoms with Crippen molar-refractivity contribution in [2.24, 2.45) is 0 Å². The van der Waals surface area contributed by atoms with Crippen molar-refractivity contribution in [2.45, 2.75) is 18.2 Å². The molecule has 0 unspecified atom stereocenters. The molecule has 1 aromatic rings. The molecule has 1 nitrogen and oxygen atoms in total. The maximum Gasteiger partial charge on any atom is 0.287 e. The summed E-state index contributed by atoms with van der Waals surface area (Å²) in [7, 11) is 0. The predicted octanol–water partition coefficient (Wildman–Crippen LogP) is 3.85. The summed E-state index contributed by atoms with van der Waals surface area (Å²) in [6.45, 7) is 0.843. The number of hydrogen-bond acceptors (Lipinski definition) is 1. The summed E-state index contributed by atoms with van der Waals surface area (Å²) in [6.07, 6.45) is 1.37. The van der Waals surface area contributed by atoms with Crippen molar-refractivity contribution in [1.29, 1.82) is 0 Å². The first kappa shape index (κ1) is 11.0. The van der Waals surface area contributed by atoms with Crippen molar-refractivity contribution in [3.63, 3.8) is 0 Å². The zero-order valence-electron chi connectivity index (χ0n) is 6.82. The molecule has 0 N–H and O–H groups in total. The van der Waals surface area contributed by atoms with Crippen molar-refractivity contribution in [1.82, 2.24) is 4.98 Å². The van der Waals surface area contributed by atoms with Crippen molar-refractivity contribution in [3.05, 3.63) is 28.0 Å². The number of halogens is 4. The topological polar surface area (TPSA) is 12.9 Å². The van der Waals surface area contributed by atoms with Crippen LogP contribution in [0.3, 0.4) is 0 Å². The molecule has 5 heteroatoms. The van der Waals surface area contributed by atoms with E-state index in [0.29, 0.717) is 15.4 Å². The number of hydrogen-bond donors (Lipinski definition) is 0. The van der Waals surface area contributed by atoms with E-state index in [2.05, 4.69) is 36.8 Å². The van der Waals surface area contributed by atoms with Gasteiger partial charge in [-0.15, -0.1) is 0 Å². The molecular formula is C8H7Br2F2N. The molecule has 0 radical (unpaired) electrons. The molecular weight excluding hydrogens is 308 g/mol. The Balaban J connectivity index is 3.22. The van der Waals surface area contributed by atoms with Gasteiger partial charge in [-0.2, -0.15) is 8.78 Å². The Bertz CT molecular complexity index is 310. The van der Waals surface area contributed by atoms with Crippen LogP contribution < -0.4 is 0 Å². The molecule has 0 fully saturated rings. The monoisotopic (exact) mass is 313 g/mol. The number of pyridine rings is 1. The van der Waals surface area contributed by atoms with Gasteiger partial charge in [0.15, 0.2) is 0 Å². The fraction of sp³-hybridized carbons (Fsp3) is 0.375. The summed E-state index contributed by atoms with van der Waals surface area (Å²) in [5, 5.41) is 0.373. The number of rotatable bonds is 2. The van der Waals surface area contributed by atoms with Crippen molar-refractivity contribution < 1.29 is 8.78 Å². The number of nitrogens with zero attached hydrogens (tertiary/aromatic N) is 1. The van der Waals surface area contributed by atoms with Gasteiger partial charge in [-0.05, 0) is 27.6 Å². The fourth-order valence-corrected chi connectivity index (χ4v) is 1.78. The highest BCUT2D eigenvalue weighted by Gasteiger charge is 2.28. The quantitative estimate of drug-likeness (QED) is 0.756. The van der Waals surface area contributed by atoms with Gasteiger partial charge in [-0.25, -0.2) is 0 Å². The average molecular weight is 315 g/mol. The van der Waals surface area contributed by atoms with Crippen LogP contribution >= 0.6 is 31.9 Å². The summed E-state index contributed by atoms with van der Waals surface area (Å²) >= 11 is 6.32. The zero-order chi connectivity index (χ0) is 10.1. The summed E-state index contributed by atoms with van der Waals surface area (Å²) < 4.78 is 26.6. The molecule has 0 atom stereocenters. The van der Waals surface area contributed by atoms with E-state index in [9.17, 15) is 8.78 Å². The van der Waals surface area contributed by atoms with E-state index >= 15 is 0 Å². The smallest absolute Gasteiger partial charge is 0.253 e. The molecule has 0 saturated carbocycles. The van der Waals surface area contributed by atoms with Crippen molar-refractivity contribution >= 4 is 31.9 Å². The second kappa shape index (κ2) is 4.00. The summed E-state index contributed by atoms with van der Waals surface area (Å²) in [5.41, 5.74) is 0.328. The predicted molar refractivity (Wildman–Crippen MR) is 54.1 cm³/mol.